The van der Waals surface area contributed by atoms with Crippen molar-refractivity contribution in [3.05, 3.63) is 71.5 Å². The van der Waals surface area contributed by atoms with Crippen molar-refractivity contribution in [2.75, 3.05) is 11.9 Å². The Bertz CT molecular complexity index is 1070. The number of rotatable bonds is 4. The van der Waals surface area contributed by atoms with E-state index in [1.165, 1.54) is 29.6 Å². The molecule has 1 saturated heterocycles. The first-order valence-corrected chi connectivity index (χ1v) is 9.83. The lowest BCUT2D eigenvalue weighted by Gasteiger charge is -2.24. The number of nitrogens with zero attached hydrogens (tertiary/aromatic N) is 4. The zero-order valence-electron chi connectivity index (χ0n) is 15.3. The fourth-order valence-corrected chi connectivity index (χ4v) is 3.95. The highest BCUT2D eigenvalue weighted by atomic mass is 32.1. The van der Waals surface area contributed by atoms with Crippen LogP contribution in [0.25, 0.3) is 6.08 Å². The van der Waals surface area contributed by atoms with Crippen LogP contribution in [-0.2, 0) is 9.59 Å². The molecular formula is C20H15N5O2S2. The summed E-state index contributed by atoms with van der Waals surface area (Å²) in [7, 11) is 1.53. The predicted molar refractivity (Wildman–Crippen MR) is 116 cm³/mol. The summed E-state index contributed by atoms with van der Waals surface area (Å²) in [5.74, 6) is -0.211. The summed E-state index contributed by atoms with van der Waals surface area (Å²) in [6, 6.07) is 15.4. The first-order valence-electron chi connectivity index (χ1n) is 8.60. The molecule has 2 amide bonds. The van der Waals surface area contributed by atoms with Crippen molar-refractivity contribution in [3.8, 4) is 0 Å². The van der Waals surface area contributed by atoms with Crippen LogP contribution in [0, 0.1) is 0 Å². The van der Waals surface area contributed by atoms with E-state index in [1.54, 1.807) is 12.3 Å². The second kappa shape index (κ2) is 7.90. The molecule has 1 fully saturated rings. The van der Waals surface area contributed by atoms with Crippen LogP contribution in [0.5, 0.6) is 0 Å². The van der Waals surface area contributed by atoms with Gasteiger partial charge in [0.15, 0.2) is 5.11 Å². The van der Waals surface area contributed by atoms with Crippen molar-refractivity contribution in [1.82, 2.24) is 20.2 Å². The molecule has 1 aromatic carbocycles. The second-order valence-electron chi connectivity index (χ2n) is 6.10. The van der Waals surface area contributed by atoms with Crippen molar-refractivity contribution in [2.45, 2.75) is 0 Å². The minimum atomic E-state index is -0.497. The Hall–Kier alpha value is -3.43. The summed E-state index contributed by atoms with van der Waals surface area (Å²) >= 11 is 6.41. The second-order valence-corrected chi connectivity index (χ2v) is 7.58. The molecule has 4 rings (SSSR count). The number of hydrogen-bond donors (Lipinski definition) is 1. The molecule has 9 heteroatoms. The van der Waals surface area contributed by atoms with Crippen LogP contribution in [0.15, 0.2) is 66.6 Å². The van der Waals surface area contributed by atoms with Gasteiger partial charge in [0, 0.05) is 23.8 Å². The first kappa shape index (κ1) is 18.9. The summed E-state index contributed by atoms with van der Waals surface area (Å²) < 4.78 is 0. The monoisotopic (exact) mass is 421 g/mol. The Balaban J connectivity index is 1.72. The number of amides is 2. The van der Waals surface area contributed by atoms with E-state index in [-0.39, 0.29) is 10.7 Å². The number of aromatic nitrogens is 2. The van der Waals surface area contributed by atoms with Crippen LogP contribution in [0.4, 0.5) is 16.5 Å². The summed E-state index contributed by atoms with van der Waals surface area (Å²) in [6.45, 7) is 0. The van der Waals surface area contributed by atoms with Gasteiger partial charge in [0.2, 0.25) is 0 Å². The van der Waals surface area contributed by atoms with Gasteiger partial charge in [0.05, 0.1) is 0 Å². The fourth-order valence-electron chi connectivity index (χ4n) is 2.79. The van der Waals surface area contributed by atoms with Gasteiger partial charge in [0.1, 0.15) is 22.7 Å². The van der Waals surface area contributed by atoms with Crippen LogP contribution in [-0.4, -0.2) is 38.8 Å². The maximum atomic E-state index is 12.4. The zero-order chi connectivity index (χ0) is 20.4. The molecule has 0 spiro atoms. The predicted octanol–water partition coefficient (Wildman–Crippen LogP) is 3.26. The Morgan fingerprint density at radius 3 is 2.66 bits per heavy atom. The maximum absolute atomic E-state index is 12.4. The number of thiocarbonyl (C=S) groups is 1. The molecule has 1 aliphatic rings. The first-order chi connectivity index (χ1) is 14.0. The van der Waals surface area contributed by atoms with E-state index < -0.39 is 11.8 Å². The van der Waals surface area contributed by atoms with E-state index in [9.17, 15) is 9.59 Å². The molecule has 144 valence electrons. The number of hydrogen-bond acceptors (Lipinski definition) is 7. The lowest BCUT2D eigenvalue weighted by Crippen LogP contribution is -2.52. The number of nitrogens with one attached hydrogen (secondary N) is 1. The number of anilines is 3. The molecule has 3 heterocycles. The smallest absolute Gasteiger partial charge is 0.265 e. The molecule has 7 nitrogen and oxygen atoms in total. The van der Waals surface area contributed by atoms with Crippen LogP contribution < -0.4 is 10.2 Å². The zero-order valence-corrected chi connectivity index (χ0v) is 16.9. The van der Waals surface area contributed by atoms with Crippen molar-refractivity contribution in [2.24, 2.45) is 0 Å². The SMILES string of the molecule is CN1C(=O)/C(=C/c2ccc(N(c3ccccc3)c3ccncn3)s2)C(=O)NC1=S. The van der Waals surface area contributed by atoms with Crippen molar-refractivity contribution < 1.29 is 9.59 Å². The highest BCUT2D eigenvalue weighted by molar-refractivity contribution is 7.80. The third-order valence-electron chi connectivity index (χ3n) is 4.23. The summed E-state index contributed by atoms with van der Waals surface area (Å²) in [5.41, 5.74) is 0.978. The lowest BCUT2D eigenvalue weighted by atomic mass is 10.1. The minimum absolute atomic E-state index is 0.0443. The average Bonchev–Trinajstić information content (AvgIpc) is 3.19. The van der Waals surface area contributed by atoms with Crippen molar-refractivity contribution in [1.29, 1.82) is 0 Å². The van der Waals surface area contributed by atoms with Crippen LogP contribution in [0.1, 0.15) is 4.88 Å². The number of likely N-dealkylation sites (N-methyl/N-ethyl adjacent to an activating group) is 1. The molecule has 29 heavy (non-hydrogen) atoms. The summed E-state index contributed by atoms with van der Waals surface area (Å²) in [4.78, 5) is 37.0. The summed E-state index contributed by atoms with van der Waals surface area (Å²) in [5, 5.41) is 3.50. The van der Waals surface area contributed by atoms with Gasteiger partial charge in [-0.2, -0.15) is 0 Å². The molecular weight excluding hydrogens is 406 g/mol. The van der Waals surface area contributed by atoms with Crippen LogP contribution >= 0.6 is 23.6 Å². The van der Waals surface area contributed by atoms with E-state index in [2.05, 4.69) is 15.3 Å². The van der Waals surface area contributed by atoms with Gasteiger partial charge in [0.25, 0.3) is 11.8 Å². The highest BCUT2D eigenvalue weighted by Gasteiger charge is 2.31. The summed E-state index contributed by atoms with van der Waals surface area (Å²) in [6.07, 6.45) is 4.75. The van der Waals surface area contributed by atoms with Gasteiger partial charge in [-0.1, -0.05) is 18.2 Å². The van der Waals surface area contributed by atoms with Crippen LogP contribution in [0.3, 0.4) is 0 Å². The molecule has 2 aromatic heterocycles. The molecule has 0 unspecified atom stereocenters. The molecule has 3 aromatic rings. The normalized spacial score (nSPS) is 15.6. The van der Waals surface area contributed by atoms with Gasteiger partial charge in [-0.05, 0) is 48.6 Å². The molecule has 0 aliphatic carbocycles. The third kappa shape index (κ3) is 3.78. The highest BCUT2D eigenvalue weighted by Crippen LogP contribution is 2.38. The van der Waals surface area contributed by atoms with Crippen LogP contribution in [0.2, 0.25) is 0 Å². The van der Waals surface area contributed by atoms with Crippen molar-refractivity contribution >= 4 is 63.1 Å². The number of carbonyl (C=O) groups excluding carboxylic acids is 2. The standard InChI is InChI=1S/C20H15N5O2S2/c1-24-19(27)15(18(26)23-20(24)28)11-14-7-8-17(29-14)25(13-5-3-2-4-6-13)16-9-10-21-12-22-16/h2-12H,1H3,(H,23,26,28)/b15-11+. The molecule has 1 aliphatic heterocycles. The third-order valence-corrected chi connectivity index (χ3v) is 5.63. The van der Waals surface area contributed by atoms with E-state index in [0.29, 0.717) is 5.82 Å². The molecule has 0 saturated carbocycles. The quantitative estimate of drug-likeness (QED) is 0.396. The van der Waals surface area contributed by atoms with Gasteiger partial charge in [-0.3, -0.25) is 24.7 Å². The van der Waals surface area contributed by atoms with E-state index in [1.807, 2.05) is 53.4 Å². The van der Waals surface area contributed by atoms with Gasteiger partial charge >= 0.3 is 0 Å². The van der Waals surface area contributed by atoms with Crippen molar-refractivity contribution in [3.63, 3.8) is 0 Å². The molecule has 0 radical (unpaired) electrons. The van der Waals surface area contributed by atoms with E-state index >= 15 is 0 Å². The average molecular weight is 422 g/mol. The number of benzene rings is 1. The maximum Gasteiger partial charge on any atom is 0.265 e. The topological polar surface area (TPSA) is 78.4 Å². The van der Waals surface area contributed by atoms with Gasteiger partial charge in [-0.15, -0.1) is 11.3 Å². The molecule has 0 bridgehead atoms. The Morgan fingerprint density at radius 1 is 1.14 bits per heavy atom. The van der Waals surface area contributed by atoms with Gasteiger partial charge in [-0.25, -0.2) is 9.97 Å². The molecule has 0 atom stereocenters. The van der Waals surface area contributed by atoms with E-state index in [4.69, 9.17) is 12.2 Å². The molecule has 1 N–H and O–H groups in total. The lowest BCUT2D eigenvalue weighted by molar-refractivity contribution is -0.128. The number of carbonyl (C=O) groups is 2. The largest absolute Gasteiger partial charge is 0.298 e. The fraction of sp³-hybridized carbons (Fsp3) is 0.0500. The minimum Gasteiger partial charge on any atom is -0.298 e. The van der Waals surface area contributed by atoms with Gasteiger partial charge < -0.3 is 0 Å². The Kier molecular flexibility index (Phi) is 5.15. The number of thiophene rings is 1. The Morgan fingerprint density at radius 2 is 1.93 bits per heavy atom. The van der Waals surface area contributed by atoms with E-state index in [0.717, 1.165) is 15.6 Å². The number of para-hydroxylation sites is 1. The Labute approximate surface area is 176 Å².